The zero-order chi connectivity index (χ0) is 11.5. The third-order valence-corrected chi connectivity index (χ3v) is 3.37. The first-order valence-corrected chi connectivity index (χ1v) is 6.14. The van der Waals surface area contributed by atoms with E-state index in [1.807, 2.05) is 12.1 Å². The Morgan fingerprint density at radius 3 is 2.44 bits per heavy atom. The molecule has 0 aliphatic carbocycles. The average molecular weight is 219 g/mol. The third kappa shape index (κ3) is 2.38. The summed E-state index contributed by atoms with van der Waals surface area (Å²) < 4.78 is 0. The molecular formula is C14H21NO. The van der Waals surface area contributed by atoms with Crippen LogP contribution in [0.2, 0.25) is 0 Å². The van der Waals surface area contributed by atoms with Crippen molar-refractivity contribution in [3.8, 4) is 0 Å². The van der Waals surface area contributed by atoms with Gasteiger partial charge in [0.1, 0.15) is 0 Å². The Bertz CT molecular complexity index is 340. The second-order valence-corrected chi connectivity index (χ2v) is 5.14. The van der Waals surface area contributed by atoms with Crippen LogP contribution in [0.3, 0.4) is 0 Å². The lowest BCUT2D eigenvalue weighted by molar-refractivity contribution is 0.281. The van der Waals surface area contributed by atoms with E-state index < -0.39 is 0 Å². The van der Waals surface area contributed by atoms with Crippen LogP contribution in [-0.4, -0.2) is 18.2 Å². The van der Waals surface area contributed by atoms with E-state index in [0.29, 0.717) is 0 Å². The highest BCUT2D eigenvalue weighted by molar-refractivity contribution is 5.53. The summed E-state index contributed by atoms with van der Waals surface area (Å²) in [7, 11) is 0. The van der Waals surface area contributed by atoms with Crippen molar-refractivity contribution in [2.24, 2.45) is 11.8 Å². The van der Waals surface area contributed by atoms with E-state index >= 15 is 0 Å². The average Bonchev–Trinajstić information content (AvgIpc) is 2.27. The summed E-state index contributed by atoms with van der Waals surface area (Å²) in [6.07, 6.45) is 1.32. The number of nitrogens with zero attached hydrogens (tertiary/aromatic N) is 1. The first-order valence-electron chi connectivity index (χ1n) is 6.14. The monoisotopic (exact) mass is 219 g/mol. The first kappa shape index (κ1) is 11.5. The topological polar surface area (TPSA) is 23.5 Å². The van der Waals surface area contributed by atoms with E-state index in [9.17, 15) is 5.11 Å². The number of piperidine rings is 1. The van der Waals surface area contributed by atoms with Crippen LogP contribution in [0, 0.1) is 11.8 Å². The highest BCUT2D eigenvalue weighted by Gasteiger charge is 2.22. The second-order valence-electron chi connectivity index (χ2n) is 5.14. The van der Waals surface area contributed by atoms with Gasteiger partial charge in [0.25, 0.3) is 0 Å². The molecule has 0 aromatic heterocycles. The number of anilines is 1. The van der Waals surface area contributed by atoms with E-state index in [1.165, 1.54) is 12.1 Å². The first-order chi connectivity index (χ1) is 7.70. The number of aliphatic hydroxyl groups excluding tert-OH is 1. The Balaban J connectivity index is 2.22. The molecule has 1 fully saturated rings. The Morgan fingerprint density at radius 2 is 1.81 bits per heavy atom. The van der Waals surface area contributed by atoms with Crippen molar-refractivity contribution in [2.75, 3.05) is 18.0 Å². The van der Waals surface area contributed by atoms with Gasteiger partial charge in [0.2, 0.25) is 0 Å². The maximum absolute atomic E-state index is 9.35. The molecule has 2 unspecified atom stereocenters. The van der Waals surface area contributed by atoms with Gasteiger partial charge in [-0.15, -0.1) is 0 Å². The zero-order valence-corrected chi connectivity index (χ0v) is 10.2. The lowest BCUT2D eigenvalue weighted by Gasteiger charge is -2.37. The van der Waals surface area contributed by atoms with Crippen LogP contribution in [0.1, 0.15) is 25.8 Å². The second kappa shape index (κ2) is 4.88. The maximum atomic E-state index is 9.35. The van der Waals surface area contributed by atoms with Crippen molar-refractivity contribution < 1.29 is 5.11 Å². The molecule has 0 amide bonds. The van der Waals surface area contributed by atoms with Crippen LogP contribution in [0.15, 0.2) is 24.3 Å². The smallest absolute Gasteiger partial charge is 0.0702 e. The van der Waals surface area contributed by atoms with Crippen molar-refractivity contribution in [1.29, 1.82) is 0 Å². The highest BCUT2D eigenvalue weighted by atomic mass is 16.3. The van der Waals surface area contributed by atoms with Gasteiger partial charge in [0, 0.05) is 24.3 Å². The molecule has 2 rings (SSSR count). The maximum Gasteiger partial charge on any atom is 0.0702 e. The molecule has 1 heterocycles. The molecule has 0 bridgehead atoms. The van der Waals surface area contributed by atoms with Gasteiger partial charge in [0.05, 0.1) is 6.61 Å². The number of hydrogen-bond donors (Lipinski definition) is 1. The molecule has 1 N–H and O–H groups in total. The fraction of sp³-hybridized carbons (Fsp3) is 0.571. The quantitative estimate of drug-likeness (QED) is 0.826. The van der Waals surface area contributed by atoms with E-state index in [-0.39, 0.29) is 6.61 Å². The zero-order valence-electron chi connectivity index (χ0n) is 10.2. The van der Waals surface area contributed by atoms with Crippen molar-refractivity contribution in [2.45, 2.75) is 26.9 Å². The predicted octanol–water partition coefficient (Wildman–Crippen LogP) is 2.66. The van der Waals surface area contributed by atoms with Gasteiger partial charge in [-0.1, -0.05) is 32.0 Å². The molecule has 2 nitrogen and oxygen atoms in total. The van der Waals surface area contributed by atoms with Crippen LogP contribution in [0.5, 0.6) is 0 Å². The summed E-state index contributed by atoms with van der Waals surface area (Å²) in [5.41, 5.74) is 2.26. The van der Waals surface area contributed by atoms with E-state index in [2.05, 4.69) is 30.9 Å². The normalized spacial score (nSPS) is 25.8. The van der Waals surface area contributed by atoms with E-state index in [1.54, 1.807) is 0 Å². The predicted molar refractivity (Wildman–Crippen MR) is 67.5 cm³/mol. The molecular weight excluding hydrogens is 198 g/mol. The standard InChI is InChI=1S/C14H21NO/c1-11-7-12(2)9-15(8-11)14-6-4-3-5-13(14)10-16/h3-6,11-12,16H,7-10H2,1-2H3. The molecule has 1 aromatic carbocycles. The number of benzene rings is 1. The minimum Gasteiger partial charge on any atom is -0.392 e. The van der Waals surface area contributed by atoms with Crippen LogP contribution < -0.4 is 4.90 Å². The van der Waals surface area contributed by atoms with Gasteiger partial charge in [-0.2, -0.15) is 0 Å². The fourth-order valence-corrected chi connectivity index (χ4v) is 2.81. The van der Waals surface area contributed by atoms with Crippen LogP contribution in [-0.2, 0) is 6.61 Å². The molecule has 1 aliphatic rings. The summed E-state index contributed by atoms with van der Waals surface area (Å²) in [5.74, 6) is 1.49. The van der Waals surface area contributed by atoms with Gasteiger partial charge in [-0.25, -0.2) is 0 Å². The summed E-state index contributed by atoms with van der Waals surface area (Å²) in [6, 6.07) is 8.18. The van der Waals surface area contributed by atoms with Gasteiger partial charge in [-0.3, -0.25) is 0 Å². The minimum absolute atomic E-state index is 0.134. The van der Waals surface area contributed by atoms with Crippen LogP contribution in [0.25, 0.3) is 0 Å². The van der Waals surface area contributed by atoms with Gasteiger partial charge in [0.15, 0.2) is 0 Å². The molecule has 16 heavy (non-hydrogen) atoms. The summed E-state index contributed by atoms with van der Waals surface area (Å²) in [5, 5.41) is 9.35. The van der Waals surface area contributed by atoms with Crippen LogP contribution >= 0.6 is 0 Å². The van der Waals surface area contributed by atoms with Gasteiger partial charge >= 0.3 is 0 Å². The summed E-state index contributed by atoms with van der Waals surface area (Å²) in [4.78, 5) is 2.42. The van der Waals surface area contributed by atoms with Gasteiger partial charge < -0.3 is 10.0 Å². The largest absolute Gasteiger partial charge is 0.392 e. The van der Waals surface area contributed by atoms with Gasteiger partial charge in [-0.05, 0) is 24.3 Å². The molecule has 88 valence electrons. The molecule has 1 saturated heterocycles. The lowest BCUT2D eigenvalue weighted by Crippen LogP contribution is -2.39. The molecule has 0 saturated carbocycles. The van der Waals surface area contributed by atoms with Crippen LogP contribution in [0.4, 0.5) is 5.69 Å². The SMILES string of the molecule is CC1CC(C)CN(c2ccccc2CO)C1. The highest BCUT2D eigenvalue weighted by Crippen LogP contribution is 2.28. The Kier molecular flexibility index (Phi) is 3.49. The molecule has 2 heteroatoms. The van der Waals surface area contributed by atoms with E-state index in [4.69, 9.17) is 0 Å². The molecule has 0 radical (unpaired) electrons. The minimum atomic E-state index is 0.134. The third-order valence-electron chi connectivity index (χ3n) is 3.37. The Morgan fingerprint density at radius 1 is 1.19 bits per heavy atom. The number of rotatable bonds is 2. The van der Waals surface area contributed by atoms with E-state index in [0.717, 1.165) is 30.5 Å². The van der Waals surface area contributed by atoms with Crippen molar-refractivity contribution in [3.05, 3.63) is 29.8 Å². The fourth-order valence-electron chi connectivity index (χ4n) is 2.81. The number of aliphatic hydroxyl groups is 1. The van der Waals surface area contributed by atoms with Crippen molar-refractivity contribution in [1.82, 2.24) is 0 Å². The molecule has 2 atom stereocenters. The summed E-state index contributed by atoms with van der Waals surface area (Å²) in [6.45, 7) is 6.98. The summed E-state index contributed by atoms with van der Waals surface area (Å²) >= 11 is 0. The van der Waals surface area contributed by atoms with Crippen molar-refractivity contribution >= 4 is 5.69 Å². The molecule has 1 aliphatic heterocycles. The molecule has 0 spiro atoms. The lowest BCUT2D eigenvalue weighted by atomic mass is 9.91. The molecule has 1 aromatic rings. The number of hydrogen-bond acceptors (Lipinski definition) is 2. The Hall–Kier alpha value is -1.02. The van der Waals surface area contributed by atoms with Crippen molar-refractivity contribution in [3.63, 3.8) is 0 Å². The Labute approximate surface area is 97.9 Å². The number of para-hydroxylation sites is 1.